The van der Waals surface area contributed by atoms with Crippen LogP contribution in [0, 0.1) is 6.92 Å². The molecule has 1 aromatic carbocycles. The van der Waals surface area contributed by atoms with Gasteiger partial charge in [0.25, 0.3) is 5.91 Å². The molecule has 3 heteroatoms. The molecular weight excluding hydrogens is 248 g/mol. The van der Waals surface area contributed by atoms with Crippen LogP contribution in [0.15, 0.2) is 42.7 Å². The van der Waals surface area contributed by atoms with Crippen LogP contribution in [0.4, 0.5) is 5.69 Å². The summed E-state index contributed by atoms with van der Waals surface area (Å²) in [6.45, 7) is 4.13. The Morgan fingerprint density at radius 1 is 1.20 bits per heavy atom. The molecule has 0 aliphatic carbocycles. The van der Waals surface area contributed by atoms with E-state index in [0.717, 1.165) is 17.7 Å². The molecule has 20 heavy (non-hydrogen) atoms. The Balaban J connectivity index is 2.04. The van der Waals surface area contributed by atoms with Crippen molar-refractivity contribution in [3.8, 4) is 0 Å². The summed E-state index contributed by atoms with van der Waals surface area (Å²) in [6.07, 6.45) is 6.82. The van der Waals surface area contributed by atoms with E-state index in [0.29, 0.717) is 5.56 Å². The number of carbonyl (C=O) groups is 1. The van der Waals surface area contributed by atoms with Crippen molar-refractivity contribution in [1.29, 1.82) is 0 Å². The van der Waals surface area contributed by atoms with Crippen LogP contribution in [0.5, 0.6) is 0 Å². The zero-order valence-corrected chi connectivity index (χ0v) is 12.0. The Bertz CT molecular complexity index is 576. The van der Waals surface area contributed by atoms with E-state index in [2.05, 4.69) is 17.2 Å². The second-order valence-electron chi connectivity index (χ2n) is 4.95. The number of hydrogen-bond donors (Lipinski definition) is 1. The minimum absolute atomic E-state index is 0.0943. The Kier molecular flexibility index (Phi) is 4.88. The molecule has 0 spiro atoms. The second-order valence-corrected chi connectivity index (χ2v) is 4.95. The summed E-state index contributed by atoms with van der Waals surface area (Å²) in [5, 5.41) is 2.89. The number of nitrogens with one attached hydrogen (secondary N) is 1. The smallest absolute Gasteiger partial charge is 0.255 e. The van der Waals surface area contributed by atoms with E-state index < -0.39 is 0 Å². The molecule has 2 aromatic rings. The molecule has 1 heterocycles. The van der Waals surface area contributed by atoms with Crippen molar-refractivity contribution in [1.82, 2.24) is 4.98 Å². The van der Waals surface area contributed by atoms with Gasteiger partial charge in [0, 0.05) is 11.8 Å². The number of aromatic nitrogens is 1. The average Bonchev–Trinajstić information content (AvgIpc) is 2.48. The summed E-state index contributed by atoms with van der Waals surface area (Å²) < 4.78 is 0. The van der Waals surface area contributed by atoms with Gasteiger partial charge in [-0.1, -0.05) is 25.5 Å². The number of hydrogen-bond acceptors (Lipinski definition) is 2. The van der Waals surface area contributed by atoms with Crippen LogP contribution >= 0.6 is 0 Å². The Morgan fingerprint density at radius 3 is 2.60 bits per heavy atom. The molecule has 0 unspecified atom stereocenters. The first-order valence-electron chi connectivity index (χ1n) is 7.01. The lowest BCUT2D eigenvalue weighted by Gasteiger charge is -2.08. The van der Waals surface area contributed by atoms with Crippen LogP contribution in [-0.2, 0) is 6.42 Å². The number of pyridine rings is 1. The molecule has 0 bridgehead atoms. The molecule has 1 aromatic heterocycles. The first-order valence-corrected chi connectivity index (χ1v) is 7.01. The van der Waals surface area contributed by atoms with Crippen LogP contribution in [-0.4, -0.2) is 10.9 Å². The Labute approximate surface area is 120 Å². The van der Waals surface area contributed by atoms with Gasteiger partial charge in [0.05, 0.1) is 11.9 Å². The highest BCUT2D eigenvalue weighted by Gasteiger charge is 2.07. The highest BCUT2D eigenvalue weighted by molar-refractivity contribution is 6.04. The maximum atomic E-state index is 12.2. The molecule has 0 aliphatic rings. The molecule has 1 amide bonds. The van der Waals surface area contributed by atoms with Crippen molar-refractivity contribution in [2.75, 3.05) is 5.32 Å². The molecule has 0 aliphatic heterocycles. The minimum Gasteiger partial charge on any atom is -0.320 e. The molecule has 1 N–H and O–H groups in total. The van der Waals surface area contributed by atoms with Gasteiger partial charge in [0.15, 0.2) is 0 Å². The van der Waals surface area contributed by atoms with Gasteiger partial charge in [-0.15, -0.1) is 0 Å². The Hall–Kier alpha value is -2.16. The second kappa shape index (κ2) is 6.85. The first-order chi connectivity index (χ1) is 9.70. The van der Waals surface area contributed by atoms with Gasteiger partial charge in [-0.3, -0.25) is 9.78 Å². The predicted octanol–water partition coefficient (Wildman–Crippen LogP) is 3.98. The largest absolute Gasteiger partial charge is 0.320 e. The Morgan fingerprint density at radius 2 is 1.95 bits per heavy atom. The van der Waals surface area contributed by atoms with Gasteiger partial charge < -0.3 is 5.32 Å². The number of benzene rings is 1. The third kappa shape index (κ3) is 3.67. The topological polar surface area (TPSA) is 42.0 Å². The molecule has 3 nitrogen and oxygen atoms in total. The SMILES string of the molecule is CCCCc1ccc(C(=O)Nc2cnccc2C)cc1. The molecule has 0 radical (unpaired) electrons. The molecule has 0 atom stereocenters. The van der Waals surface area contributed by atoms with E-state index in [-0.39, 0.29) is 5.91 Å². The van der Waals surface area contributed by atoms with Gasteiger partial charge in [0.1, 0.15) is 0 Å². The summed E-state index contributed by atoms with van der Waals surface area (Å²) in [6, 6.07) is 9.70. The van der Waals surface area contributed by atoms with Crippen LogP contribution in [0.2, 0.25) is 0 Å². The summed E-state index contributed by atoms with van der Waals surface area (Å²) in [5.74, 6) is -0.0943. The zero-order valence-electron chi connectivity index (χ0n) is 12.0. The normalized spacial score (nSPS) is 10.3. The lowest BCUT2D eigenvalue weighted by atomic mass is 10.1. The van der Waals surface area contributed by atoms with Crippen molar-refractivity contribution in [2.24, 2.45) is 0 Å². The van der Waals surface area contributed by atoms with Gasteiger partial charge in [-0.05, 0) is 49.1 Å². The van der Waals surface area contributed by atoms with Crippen LogP contribution in [0.1, 0.15) is 41.3 Å². The first kappa shape index (κ1) is 14.3. The molecule has 0 fully saturated rings. The van der Waals surface area contributed by atoms with Gasteiger partial charge in [-0.2, -0.15) is 0 Å². The number of unbranched alkanes of at least 4 members (excludes halogenated alkanes) is 1. The van der Waals surface area contributed by atoms with E-state index in [1.54, 1.807) is 12.4 Å². The number of amides is 1. The van der Waals surface area contributed by atoms with Crippen molar-refractivity contribution in [3.05, 3.63) is 59.4 Å². The van der Waals surface area contributed by atoms with Crippen LogP contribution in [0.3, 0.4) is 0 Å². The maximum absolute atomic E-state index is 12.2. The number of rotatable bonds is 5. The summed E-state index contributed by atoms with van der Waals surface area (Å²) in [7, 11) is 0. The lowest BCUT2D eigenvalue weighted by Crippen LogP contribution is -2.12. The van der Waals surface area contributed by atoms with Gasteiger partial charge in [-0.25, -0.2) is 0 Å². The number of nitrogens with zero attached hydrogens (tertiary/aromatic N) is 1. The number of anilines is 1. The quantitative estimate of drug-likeness (QED) is 0.891. The zero-order chi connectivity index (χ0) is 14.4. The fourth-order valence-corrected chi connectivity index (χ4v) is 1.99. The number of carbonyl (C=O) groups excluding carboxylic acids is 1. The minimum atomic E-state index is -0.0943. The van der Waals surface area contributed by atoms with E-state index in [1.165, 1.54) is 18.4 Å². The van der Waals surface area contributed by atoms with E-state index in [9.17, 15) is 4.79 Å². The molecule has 104 valence electrons. The monoisotopic (exact) mass is 268 g/mol. The van der Waals surface area contributed by atoms with Gasteiger partial charge >= 0.3 is 0 Å². The van der Waals surface area contributed by atoms with Gasteiger partial charge in [0.2, 0.25) is 0 Å². The van der Waals surface area contributed by atoms with Crippen LogP contribution in [0.25, 0.3) is 0 Å². The lowest BCUT2D eigenvalue weighted by molar-refractivity contribution is 0.102. The van der Waals surface area contributed by atoms with E-state index in [4.69, 9.17) is 0 Å². The van der Waals surface area contributed by atoms with Crippen molar-refractivity contribution < 1.29 is 4.79 Å². The molecule has 0 saturated carbocycles. The third-order valence-electron chi connectivity index (χ3n) is 3.32. The predicted molar refractivity (Wildman–Crippen MR) is 82.0 cm³/mol. The fourth-order valence-electron chi connectivity index (χ4n) is 1.99. The molecular formula is C17H20N2O. The highest BCUT2D eigenvalue weighted by atomic mass is 16.1. The summed E-state index contributed by atoms with van der Waals surface area (Å²) >= 11 is 0. The standard InChI is InChI=1S/C17H20N2O/c1-3-4-5-14-6-8-15(9-7-14)17(20)19-16-12-18-11-10-13(16)2/h6-12H,3-5H2,1-2H3,(H,19,20). The van der Waals surface area contributed by atoms with E-state index in [1.807, 2.05) is 37.3 Å². The number of aryl methyl sites for hydroxylation is 2. The molecule has 2 rings (SSSR count). The fraction of sp³-hybridized carbons (Fsp3) is 0.294. The van der Waals surface area contributed by atoms with E-state index >= 15 is 0 Å². The van der Waals surface area contributed by atoms with Crippen molar-refractivity contribution >= 4 is 11.6 Å². The maximum Gasteiger partial charge on any atom is 0.255 e. The van der Waals surface area contributed by atoms with Crippen LogP contribution < -0.4 is 5.32 Å². The summed E-state index contributed by atoms with van der Waals surface area (Å²) in [4.78, 5) is 16.2. The summed E-state index contributed by atoms with van der Waals surface area (Å²) in [5.41, 5.74) is 3.72. The third-order valence-corrected chi connectivity index (χ3v) is 3.32. The highest BCUT2D eigenvalue weighted by Crippen LogP contribution is 2.14. The average molecular weight is 268 g/mol. The van der Waals surface area contributed by atoms with Crippen molar-refractivity contribution in [2.45, 2.75) is 33.1 Å². The molecule has 0 saturated heterocycles. The van der Waals surface area contributed by atoms with Crippen molar-refractivity contribution in [3.63, 3.8) is 0 Å².